The number of hydrogen-bond acceptors (Lipinski definition) is 16. The molecule has 2 aliphatic carbocycles. The van der Waals surface area contributed by atoms with E-state index in [-0.39, 0.29) is 42.0 Å². The highest BCUT2D eigenvalue weighted by Gasteiger charge is 2.30. The fourth-order valence-electron chi connectivity index (χ4n) is 10.1. The van der Waals surface area contributed by atoms with Crippen LogP contribution in [0.15, 0.2) is 122 Å². The van der Waals surface area contributed by atoms with Gasteiger partial charge in [-0.05, 0) is 206 Å². The lowest BCUT2D eigenvalue weighted by molar-refractivity contribution is -0.142. The van der Waals surface area contributed by atoms with Crippen molar-refractivity contribution in [2.24, 2.45) is 11.8 Å². The summed E-state index contributed by atoms with van der Waals surface area (Å²) in [7, 11) is 0. The van der Waals surface area contributed by atoms with E-state index < -0.39 is 17.9 Å². The van der Waals surface area contributed by atoms with Crippen molar-refractivity contribution < 1.29 is 76.1 Å². The summed E-state index contributed by atoms with van der Waals surface area (Å²) < 4.78 is 56.4. The van der Waals surface area contributed by atoms with Crippen molar-refractivity contribution in [1.82, 2.24) is 0 Å². The summed E-state index contributed by atoms with van der Waals surface area (Å²) in [5, 5.41) is 0. The molecule has 0 radical (unpaired) electrons. The first-order valence-corrected chi connectivity index (χ1v) is 30.9. The van der Waals surface area contributed by atoms with Crippen LogP contribution < -0.4 is 28.4 Å². The lowest BCUT2D eigenvalue weighted by atomic mass is 9.87. The number of ether oxygens (including phenoxy) is 10. The van der Waals surface area contributed by atoms with Crippen LogP contribution in [0.25, 0.3) is 0 Å². The molecule has 0 amide bonds. The molecule has 85 heavy (non-hydrogen) atoms. The van der Waals surface area contributed by atoms with Gasteiger partial charge in [0, 0.05) is 25.4 Å². The second-order valence-electron chi connectivity index (χ2n) is 21.8. The molecule has 0 aromatic heterocycles. The van der Waals surface area contributed by atoms with Crippen LogP contribution in [0.2, 0.25) is 0 Å². The van der Waals surface area contributed by atoms with E-state index >= 15 is 0 Å². The van der Waals surface area contributed by atoms with Crippen LogP contribution in [0.4, 0.5) is 0 Å². The summed E-state index contributed by atoms with van der Waals surface area (Å²) >= 11 is 0. The second-order valence-corrected chi connectivity index (χ2v) is 21.8. The van der Waals surface area contributed by atoms with Gasteiger partial charge in [0.1, 0.15) is 34.5 Å². The molecule has 0 N–H and O–H groups in total. The van der Waals surface area contributed by atoms with Crippen LogP contribution >= 0.6 is 0 Å². The highest BCUT2D eigenvalue weighted by Crippen LogP contribution is 2.31. The van der Waals surface area contributed by atoms with E-state index in [1.807, 2.05) is 0 Å². The van der Waals surface area contributed by atoms with E-state index in [1.54, 1.807) is 97.1 Å². The Morgan fingerprint density at radius 1 is 0.329 bits per heavy atom. The summed E-state index contributed by atoms with van der Waals surface area (Å²) in [6.45, 7) is 10.1. The van der Waals surface area contributed by atoms with E-state index in [0.29, 0.717) is 91.5 Å². The fraction of sp³-hybridized carbons (Fsp3) is 0.507. The molecule has 2 aliphatic rings. The molecule has 0 heterocycles. The zero-order chi connectivity index (χ0) is 60.1. The average Bonchev–Trinajstić information content (AvgIpc) is 3.67. The van der Waals surface area contributed by atoms with Gasteiger partial charge >= 0.3 is 35.8 Å². The smallest absolute Gasteiger partial charge is 0.343 e. The molecule has 4 aromatic carbocycles. The van der Waals surface area contributed by atoms with Gasteiger partial charge in [-0.1, -0.05) is 64.5 Å². The van der Waals surface area contributed by atoms with Crippen LogP contribution in [-0.2, 0) is 38.1 Å². The summed E-state index contributed by atoms with van der Waals surface area (Å²) in [6, 6.07) is 26.7. The Kier molecular flexibility index (Phi) is 30.9. The summed E-state index contributed by atoms with van der Waals surface area (Å²) in [5.74, 6) is 0.195. The maximum atomic E-state index is 13.0. The Balaban J connectivity index is 0.704. The van der Waals surface area contributed by atoms with E-state index in [9.17, 15) is 28.8 Å². The fourth-order valence-corrected chi connectivity index (χ4v) is 10.1. The minimum atomic E-state index is -0.507. The molecule has 0 atom stereocenters. The normalized spacial score (nSPS) is 16.5. The Hall–Kier alpha value is -7.30. The molecule has 0 aliphatic heterocycles. The third kappa shape index (κ3) is 26.7. The van der Waals surface area contributed by atoms with Crippen molar-refractivity contribution in [2.75, 3.05) is 39.6 Å². The van der Waals surface area contributed by atoms with Crippen LogP contribution in [0, 0.1) is 11.8 Å². The molecular weight excluding hydrogens is 1080 g/mol. The lowest BCUT2D eigenvalue weighted by Crippen LogP contribution is -2.29. The molecule has 460 valence electrons. The van der Waals surface area contributed by atoms with E-state index in [4.69, 9.17) is 47.4 Å². The standard InChI is InChI=1S/C69H88O16/c1-3-64(70)80-50-20-14-12-18-48-78-58-34-26-54(27-35-58)68(74)84-62-42-38-60(39-43-62)82-66(72)52-22-30-56(31-23-52)76-46-16-10-8-6-5-7-9-11-17-47-77-57-32-24-53(25-33-57)67(73)83-61-40-44-63(45-41-61)85-69(75)55-28-36-59(37-29-55)79-49-19-13-15-21-51-81-65(71)4-2/h3-4,22-23,28-31,36-45,53-54,57-58H,1-2,5-21,24-27,32-35,46-51H2. The number of rotatable bonds is 40. The molecule has 16 nitrogen and oxygen atoms in total. The van der Waals surface area contributed by atoms with Crippen molar-refractivity contribution >= 4 is 35.8 Å². The topological polar surface area (TPSA) is 195 Å². The highest BCUT2D eigenvalue weighted by atomic mass is 16.6. The number of esters is 6. The molecule has 0 spiro atoms. The van der Waals surface area contributed by atoms with Gasteiger partial charge in [0.25, 0.3) is 0 Å². The first-order valence-electron chi connectivity index (χ1n) is 30.9. The second kappa shape index (κ2) is 39.3. The van der Waals surface area contributed by atoms with Crippen molar-refractivity contribution in [3.63, 3.8) is 0 Å². The van der Waals surface area contributed by atoms with Crippen LogP contribution in [0.5, 0.6) is 34.5 Å². The first-order chi connectivity index (χ1) is 41.5. The van der Waals surface area contributed by atoms with Gasteiger partial charge in [-0.15, -0.1) is 0 Å². The molecule has 2 saturated carbocycles. The Bertz CT molecular complexity index is 2610. The molecule has 2 fully saturated rings. The van der Waals surface area contributed by atoms with Gasteiger partial charge in [-0.2, -0.15) is 0 Å². The van der Waals surface area contributed by atoms with Crippen LogP contribution in [0.3, 0.4) is 0 Å². The van der Waals surface area contributed by atoms with Crippen molar-refractivity contribution in [3.05, 3.63) is 133 Å². The minimum Gasteiger partial charge on any atom is -0.494 e. The maximum absolute atomic E-state index is 13.0. The predicted octanol–water partition coefficient (Wildman–Crippen LogP) is 14.6. The number of benzene rings is 4. The Morgan fingerprint density at radius 2 is 0.600 bits per heavy atom. The molecule has 0 saturated heterocycles. The Labute approximate surface area is 502 Å². The van der Waals surface area contributed by atoms with Crippen molar-refractivity contribution in [1.29, 1.82) is 0 Å². The quantitative estimate of drug-likeness (QED) is 0.0176. The molecule has 4 aromatic rings. The molecule has 16 heteroatoms. The van der Waals surface area contributed by atoms with Gasteiger partial charge < -0.3 is 47.4 Å². The first kappa shape index (κ1) is 66.8. The highest BCUT2D eigenvalue weighted by molar-refractivity contribution is 5.92. The summed E-state index contributed by atoms with van der Waals surface area (Å²) in [5.41, 5.74) is 0.786. The number of carbonyl (C=O) groups is 6. The molecule has 0 unspecified atom stereocenters. The van der Waals surface area contributed by atoms with Crippen LogP contribution in [0.1, 0.15) is 181 Å². The van der Waals surface area contributed by atoms with Gasteiger partial charge in [-0.25, -0.2) is 19.2 Å². The van der Waals surface area contributed by atoms with E-state index in [0.717, 1.165) is 128 Å². The molecule has 6 rings (SSSR count). The van der Waals surface area contributed by atoms with Gasteiger partial charge in [0.05, 0.1) is 61.6 Å². The van der Waals surface area contributed by atoms with Crippen molar-refractivity contribution in [2.45, 2.75) is 173 Å². The van der Waals surface area contributed by atoms with Crippen LogP contribution in [-0.4, -0.2) is 87.7 Å². The molecular formula is C69H88O16. The monoisotopic (exact) mass is 1170 g/mol. The number of unbranched alkanes of at least 4 members (excludes halogenated alkanes) is 14. The van der Waals surface area contributed by atoms with Gasteiger partial charge in [0.2, 0.25) is 0 Å². The lowest BCUT2D eigenvalue weighted by Gasteiger charge is -2.27. The third-order valence-corrected chi connectivity index (χ3v) is 15.1. The zero-order valence-corrected chi connectivity index (χ0v) is 49.6. The van der Waals surface area contributed by atoms with Gasteiger partial charge in [0.15, 0.2) is 0 Å². The zero-order valence-electron chi connectivity index (χ0n) is 49.6. The Morgan fingerprint density at radius 3 is 0.918 bits per heavy atom. The summed E-state index contributed by atoms with van der Waals surface area (Å²) in [4.78, 5) is 73.7. The van der Waals surface area contributed by atoms with E-state index in [2.05, 4.69) is 13.2 Å². The third-order valence-electron chi connectivity index (χ3n) is 15.1. The SMILES string of the molecule is C=CC(=O)OCCCCCCOc1ccc(C(=O)Oc2ccc(OC(=O)C3CCC(OCCCCCCCCCCCOc4ccc(C(=O)Oc5ccc(OC(=O)C6CCC(OCCCCCCOC(=O)C=C)CC6)cc5)cc4)CC3)cc2)cc1. The van der Waals surface area contributed by atoms with Crippen molar-refractivity contribution in [3.8, 4) is 34.5 Å². The van der Waals surface area contributed by atoms with E-state index in [1.165, 1.54) is 38.2 Å². The number of hydrogen-bond donors (Lipinski definition) is 0. The number of carbonyl (C=O) groups excluding carboxylic acids is 6. The average molecular weight is 1170 g/mol. The summed E-state index contributed by atoms with van der Waals surface area (Å²) in [6.07, 6.45) is 26.3. The largest absolute Gasteiger partial charge is 0.494 e. The predicted molar refractivity (Wildman–Crippen MR) is 322 cm³/mol. The molecule has 0 bridgehead atoms. The maximum Gasteiger partial charge on any atom is 0.343 e. The minimum absolute atomic E-state index is 0.148. The van der Waals surface area contributed by atoms with Gasteiger partial charge in [-0.3, -0.25) is 9.59 Å².